The summed E-state index contributed by atoms with van der Waals surface area (Å²) in [5.74, 6) is 1.22. The van der Waals surface area contributed by atoms with Crippen LogP contribution in [-0.2, 0) is 33.3 Å². The predicted octanol–water partition coefficient (Wildman–Crippen LogP) is 6.93. The lowest BCUT2D eigenvalue weighted by molar-refractivity contribution is -0.213. The molecule has 0 amide bonds. The van der Waals surface area contributed by atoms with Crippen molar-refractivity contribution in [1.82, 2.24) is 0 Å². The zero-order valence-corrected chi connectivity index (χ0v) is 27.2. The van der Waals surface area contributed by atoms with E-state index in [4.69, 9.17) is 24.1 Å². The predicted molar refractivity (Wildman–Crippen MR) is 165 cm³/mol. The maximum absolute atomic E-state index is 11.6. The number of carboxylic acid groups (broad SMARTS) is 1. The van der Waals surface area contributed by atoms with Crippen LogP contribution >= 0.6 is 0 Å². The van der Waals surface area contributed by atoms with Gasteiger partial charge in [0.2, 0.25) is 0 Å². The second kappa shape index (κ2) is 13.5. The quantitative estimate of drug-likeness (QED) is 0.161. The number of carbonyl (C=O) groups excluding carboxylic acids is 2. The zero-order valence-electron chi connectivity index (χ0n) is 27.2. The highest BCUT2D eigenvalue weighted by atomic mass is 16.7. The zero-order chi connectivity index (χ0) is 31.6. The van der Waals surface area contributed by atoms with Crippen molar-refractivity contribution in [3.8, 4) is 0 Å². The van der Waals surface area contributed by atoms with Gasteiger partial charge in [-0.15, -0.1) is 0 Å². The molecule has 0 aromatic rings. The summed E-state index contributed by atoms with van der Waals surface area (Å²) in [6.07, 6.45) is 17.7. The van der Waals surface area contributed by atoms with E-state index in [-0.39, 0.29) is 24.5 Å². The van der Waals surface area contributed by atoms with Gasteiger partial charge in [0.1, 0.15) is 18.8 Å². The van der Waals surface area contributed by atoms with Crippen molar-refractivity contribution >= 4 is 17.9 Å². The van der Waals surface area contributed by atoms with Gasteiger partial charge in [-0.2, -0.15) is 0 Å². The van der Waals surface area contributed by atoms with Crippen molar-refractivity contribution in [3.63, 3.8) is 0 Å². The summed E-state index contributed by atoms with van der Waals surface area (Å²) >= 11 is 0. The Morgan fingerprint density at radius 1 is 1.02 bits per heavy atom. The first-order valence-electron chi connectivity index (χ1n) is 16.8. The molecule has 4 aliphatic carbocycles. The molecule has 0 spiro atoms. The fourth-order valence-corrected chi connectivity index (χ4v) is 9.74. The smallest absolute Gasteiger partial charge is 0.303 e. The Balaban J connectivity index is 1.22. The van der Waals surface area contributed by atoms with Crippen molar-refractivity contribution < 1.29 is 38.4 Å². The first-order chi connectivity index (χ1) is 20.9. The summed E-state index contributed by atoms with van der Waals surface area (Å²) < 4.78 is 23.1. The van der Waals surface area contributed by atoms with Gasteiger partial charge in [0.25, 0.3) is 0 Å². The number of rotatable bonds is 10. The third kappa shape index (κ3) is 6.86. The molecule has 0 aromatic heterocycles. The monoisotopic (exact) mass is 612 g/mol. The highest BCUT2D eigenvalue weighted by molar-refractivity contribution is 5.67. The fraction of sp³-hybridized carbons (Fsp3) is 0.750. The number of hydrogen-bond acceptors (Lipinski definition) is 7. The highest BCUT2D eigenvalue weighted by Crippen LogP contribution is 2.67. The van der Waals surface area contributed by atoms with Crippen LogP contribution in [0.1, 0.15) is 105 Å². The Labute approximate surface area is 262 Å². The standard InChI is InChI=1S/C36H52O8/c1-22(8-6-7-9-33(39)40)28-12-13-29-27-11-10-25-20-26(16-18-35(25,4)30(27)17-19-36(28,29)5)43-34-15-14-31(42-24(3)38)32(44-34)21-41-23(2)37/h8,10,14-15,26-32,34H,6-7,9,11-13,16-21H2,1-5H3,(H,39,40)/b22-8+/t26-,27?,28+,29?,30?,31-,32+,34?,35-,36+/m0/s1. The summed E-state index contributed by atoms with van der Waals surface area (Å²) in [6, 6.07) is 0. The Bertz CT molecular complexity index is 1190. The number of carbonyl (C=O) groups is 3. The molecule has 5 aliphatic rings. The largest absolute Gasteiger partial charge is 0.481 e. The second-order valence-electron chi connectivity index (χ2n) is 14.5. The molecule has 4 unspecified atom stereocenters. The van der Waals surface area contributed by atoms with Crippen LogP contribution in [0.4, 0.5) is 0 Å². The molecule has 0 aromatic carbocycles. The third-order valence-corrected chi connectivity index (χ3v) is 11.9. The van der Waals surface area contributed by atoms with Crippen LogP contribution in [0.5, 0.6) is 0 Å². The van der Waals surface area contributed by atoms with Crippen molar-refractivity contribution in [2.24, 2.45) is 34.5 Å². The van der Waals surface area contributed by atoms with Crippen LogP contribution < -0.4 is 0 Å². The molecule has 10 atom stereocenters. The molecular formula is C36H52O8. The van der Waals surface area contributed by atoms with Crippen LogP contribution in [0.2, 0.25) is 0 Å². The van der Waals surface area contributed by atoms with E-state index in [9.17, 15) is 14.4 Å². The molecule has 5 rings (SSSR count). The Kier molecular flexibility index (Phi) is 10.1. The van der Waals surface area contributed by atoms with E-state index in [1.54, 1.807) is 12.2 Å². The highest BCUT2D eigenvalue weighted by Gasteiger charge is 2.58. The van der Waals surface area contributed by atoms with E-state index in [2.05, 4.69) is 32.9 Å². The molecule has 8 nitrogen and oxygen atoms in total. The molecule has 8 heteroatoms. The molecule has 1 aliphatic heterocycles. The molecule has 0 bridgehead atoms. The number of carboxylic acids is 1. The Morgan fingerprint density at radius 2 is 1.82 bits per heavy atom. The van der Waals surface area contributed by atoms with Crippen LogP contribution in [0, 0.1) is 34.5 Å². The summed E-state index contributed by atoms with van der Waals surface area (Å²) in [4.78, 5) is 33.9. The minimum absolute atomic E-state index is 0.00454. The number of ether oxygens (including phenoxy) is 4. The Hall–Kier alpha value is -2.45. The van der Waals surface area contributed by atoms with Crippen LogP contribution in [-0.4, -0.2) is 54.2 Å². The number of esters is 2. The molecule has 1 heterocycles. The van der Waals surface area contributed by atoms with Crippen molar-refractivity contribution in [3.05, 3.63) is 35.5 Å². The van der Waals surface area contributed by atoms with Crippen LogP contribution in [0.3, 0.4) is 0 Å². The number of fused-ring (bicyclic) bond motifs is 5. The van der Waals surface area contributed by atoms with Crippen molar-refractivity contribution in [2.45, 2.75) is 130 Å². The van der Waals surface area contributed by atoms with Crippen LogP contribution in [0.15, 0.2) is 35.5 Å². The lowest BCUT2D eigenvalue weighted by Crippen LogP contribution is -2.51. The van der Waals surface area contributed by atoms with E-state index < -0.39 is 36.4 Å². The average Bonchev–Trinajstić information content (AvgIpc) is 3.32. The van der Waals surface area contributed by atoms with Gasteiger partial charge in [-0.25, -0.2) is 0 Å². The molecule has 244 valence electrons. The number of unbranched alkanes of at least 4 members (excludes halogenated alkanes) is 1. The molecule has 44 heavy (non-hydrogen) atoms. The van der Waals surface area contributed by atoms with Gasteiger partial charge in [0, 0.05) is 20.3 Å². The van der Waals surface area contributed by atoms with E-state index in [0.29, 0.717) is 23.7 Å². The fourth-order valence-electron chi connectivity index (χ4n) is 9.74. The first kappa shape index (κ1) is 32.9. The van der Waals surface area contributed by atoms with Gasteiger partial charge in [0.05, 0.1) is 6.10 Å². The minimum atomic E-state index is -0.709. The average molecular weight is 613 g/mol. The van der Waals surface area contributed by atoms with E-state index in [1.807, 2.05) is 0 Å². The molecule has 1 N–H and O–H groups in total. The Morgan fingerprint density at radius 3 is 2.55 bits per heavy atom. The normalized spacial score (nSPS) is 39.8. The molecule has 3 saturated carbocycles. The number of aliphatic carboxylic acids is 1. The maximum Gasteiger partial charge on any atom is 0.303 e. The summed E-state index contributed by atoms with van der Waals surface area (Å²) in [5.41, 5.74) is 3.54. The van der Waals surface area contributed by atoms with Gasteiger partial charge >= 0.3 is 17.9 Å². The van der Waals surface area contributed by atoms with Crippen molar-refractivity contribution in [2.75, 3.05) is 6.61 Å². The topological polar surface area (TPSA) is 108 Å². The molecule has 0 saturated heterocycles. The van der Waals surface area contributed by atoms with E-state index in [1.165, 1.54) is 50.7 Å². The minimum Gasteiger partial charge on any atom is -0.481 e. The number of allylic oxidation sites excluding steroid dienone is 3. The van der Waals surface area contributed by atoms with Crippen molar-refractivity contribution in [1.29, 1.82) is 0 Å². The van der Waals surface area contributed by atoms with Gasteiger partial charge in [-0.3, -0.25) is 14.4 Å². The third-order valence-electron chi connectivity index (χ3n) is 11.9. The van der Waals surface area contributed by atoms with Gasteiger partial charge in [0.15, 0.2) is 6.29 Å². The van der Waals surface area contributed by atoms with Gasteiger partial charge in [-0.1, -0.05) is 37.1 Å². The second-order valence-corrected chi connectivity index (χ2v) is 14.5. The molecule has 0 radical (unpaired) electrons. The number of hydrogen-bond donors (Lipinski definition) is 1. The van der Waals surface area contributed by atoms with Crippen LogP contribution in [0.25, 0.3) is 0 Å². The first-order valence-corrected chi connectivity index (χ1v) is 16.8. The molecular weight excluding hydrogens is 560 g/mol. The molecule has 3 fully saturated rings. The van der Waals surface area contributed by atoms with E-state index >= 15 is 0 Å². The van der Waals surface area contributed by atoms with Gasteiger partial charge in [-0.05, 0) is 118 Å². The summed E-state index contributed by atoms with van der Waals surface area (Å²) in [6.45, 7) is 10.0. The lowest BCUT2D eigenvalue weighted by Gasteiger charge is -2.58. The van der Waals surface area contributed by atoms with Gasteiger partial charge < -0.3 is 24.1 Å². The maximum atomic E-state index is 11.6. The summed E-state index contributed by atoms with van der Waals surface area (Å²) in [7, 11) is 0. The lowest BCUT2D eigenvalue weighted by atomic mass is 9.47. The summed E-state index contributed by atoms with van der Waals surface area (Å²) in [5, 5.41) is 8.99. The SMILES string of the molecule is CC(=O)OC[C@H]1OC(O[C@H]2CC[C@@]3(C)C(=CCC4C3CC[C@@]3(C)C4CC[C@@H]3/C(C)=C/CCCC(=O)O)C2)C=C[C@@H]1OC(C)=O. The van der Waals surface area contributed by atoms with E-state index in [0.717, 1.165) is 43.9 Å².